The molecule has 0 aliphatic carbocycles. The fourth-order valence-corrected chi connectivity index (χ4v) is 1.73. The van der Waals surface area contributed by atoms with Gasteiger partial charge in [-0.3, -0.25) is 0 Å². The van der Waals surface area contributed by atoms with Crippen LogP contribution >= 0.6 is 0 Å². The molecule has 0 unspecified atom stereocenters. The highest BCUT2D eigenvalue weighted by Gasteiger charge is 2.10. The molecule has 0 amide bonds. The van der Waals surface area contributed by atoms with Crippen molar-refractivity contribution in [1.82, 2.24) is 4.98 Å². The summed E-state index contributed by atoms with van der Waals surface area (Å²) in [5.41, 5.74) is 6.83. The Kier molecular flexibility index (Phi) is 4.63. The van der Waals surface area contributed by atoms with Crippen LogP contribution in [-0.4, -0.2) is 11.0 Å². The average molecular weight is 240 g/mol. The van der Waals surface area contributed by atoms with E-state index in [0.29, 0.717) is 17.3 Å². The minimum absolute atomic E-state index is 0.0321. The predicted octanol–water partition coefficient (Wildman–Crippen LogP) is 3.36. The number of nitrogens with two attached hydrogens (primary N) is 1. The number of aromatic nitrogens is 1. The molecule has 3 N–H and O–H groups in total. The Bertz CT molecular complexity index is 489. The molecule has 17 heavy (non-hydrogen) atoms. The third-order valence-electron chi connectivity index (χ3n) is 2.33. The maximum absolute atomic E-state index is 13.3. The second kappa shape index (κ2) is 5.77. The standard InChI is InChI=1S/C11H12F2N2.C2H6/c1-6(14)2-7-5-15-11-9(7)3-8(12)4-10(11)13;1-2/h3-6,15H,2,14H2,1H3;1-2H3/t6-;/m0./s1. The molecule has 0 spiro atoms. The van der Waals surface area contributed by atoms with Gasteiger partial charge in [-0.25, -0.2) is 8.78 Å². The number of H-pyrrole nitrogens is 1. The van der Waals surface area contributed by atoms with Gasteiger partial charge in [0, 0.05) is 23.7 Å². The molecule has 2 nitrogen and oxygen atoms in total. The van der Waals surface area contributed by atoms with Gasteiger partial charge in [0.25, 0.3) is 0 Å². The molecule has 0 saturated carbocycles. The molecular formula is C13H18F2N2. The van der Waals surface area contributed by atoms with Crippen LogP contribution in [0.1, 0.15) is 26.3 Å². The molecular weight excluding hydrogens is 222 g/mol. The van der Waals surface area contributed by atoms with Crippen LogP contribution in [0.4, 0.5) is 8.78 Å². The number of nitrogens with one attached hydrogen (secondary N) is 1. The second-order valence-electron chi connectivity index (χ2n) is 3.81. The van der Waals surface area contributed by atoms with Crippen LogP contribution in [0, 0.1) is 11.6 Å². The molecule has 0 bridgehead atoms. The third-order valence-corrected chi connectivity index (χ3v) is 2.33. The van der Waals surface area contributed by atoms with E-state index in [0.717, 1.165) is 11.6 Å². The zero-order valence-corrected chi connectivity index (χ0v) is 10.3. The minimum Gasteiger partial charge on any atom is -0.359 e. The average Bonchev–Trinajstić information content (AvgIpc) is 2.64. The van der Waals surface area contributed by atoms with E-state index in [1.807, 2.05) is 20.8 Å². The first-order valence-corrected chi connectivity index (χ1v) is 5.78. The molecule has 1 atom stereocenters. The van der Waals surface area contributed by atoms with E-state index >= 15 is 0 Å². The summed E-state index contributed by atoms with van der Waals surface area (Å²) in [7, 11) is 0. The Hall–Kier alpha value is -1.42. The summed E-state index contributed by atoms with van der Waals surface area (Å²) in [5.74, 6) is -1.13. The predicted molar refractivity (Wildman–Crippen MR) is 66.9 cm³/mol. The van der Waals surface area contributed by atoms with E-state index in [9.17, 15) is 8.78 Å². The Labute approximate surface area is 99.8 Å². The Morgan fingerprint density at radius 1 is 1.29 bits per heavy atom. The highest BCUT2D eigenvalue weighted by molar-refractivity contribution is 5.83. The first-order chi connectivity index (χ1) is 8.08. The van der Waals surface area contributed by atoms with Gasteiger partial charge in [-0.2, -0.15) is 0 Å². The van der Waals surface area contributed by atoms with Crippen molar-refractivity contribution in [2.75, 3.05) is 0 Å². The van der Waals surface area contributed by atoms with Gasteiger partial charge in [0.2, 0.25) is 0 Å². The van der Waals surface area contributed by atoms with Gasteiger partial charge in [0.15, 0.2) is 0 Å². The summed E-state index contributed by atoms with van der Waals surface area (Å²) in [6.45, 7) is 5.86. The molecule has 0 aliphatic heterocycles. The number of fused-ring (bicyclic) bond motifs is 1. The summed E-state index contributed by atoms with van der Waals surface area (Å²) in [4.78, 5) is 2.79. The van der Waals surface area contributed by atoms with E-state index in [2.05, 4.69) is 4.98 Å². The summed E-state index contributed by atoms with van der Waals surface area (Å²) in [5, 5.41) is 0.574. The molecule has 0 fully saturated rings. The van der Waals surface area contributed by atoms with E-state index in [4.69, 9.17) is 5.73 Å². The van der Waals surface area contributed by atoms with Crippen molar-refractivity contribution in [1.29, 1.82) is 0 Å². The lowest BCUT2D eigenvalue weighted by atomic mass is 10.1. The van der Waals surface area contributed by atoms with Gasteiger partial charge in [0.05, 0.1) is 5.52 Å². The van der Waals surface area contributed by atoms with Crippen LogP contribution in [0.3, 0.4) is 0 Å². The molecule has 0 aliphatic rings. The number of hydrogen-bond donors (Lipinski definition) is 2. The Morgan fingerprint density at radius 3 is 2.53 bits per heavy atom. The SMILES string of the molecule is CC.C[C@H](N)Cc1c[nH]c2c(F)cc(F)cc12. The van der Waals surface area contributed by atoms with Crippen molar-refractivity contribution in [3.05, 3.63) is 35.5 Å². The number of halogens is 2. The van der Waals surface area contributed by atoms with E-state index in [1.54, 1.807) is 6.20 Å². The molecule has 94 valence electrons. The molecule has 1 aromatic heterocycles. The van der Waals surface area contributed by atoms with Crippen LogP contribution in [0.5, 0.6) is 0 Å². The number of rotatable bonds is 2. The highest BCUT2D eigenvalue weighted by Crippen LogP contribution is 2.23. The van der Waals surface area contributed by atoms with Crippen molar-refractivity contribution < 1.29 is 8.78 Å². The topological polar surface area (TPSA) is 41.8 Å². The van der Waals surface area contributed by atoms with Crippen molar-refractivity contribution in [3.63, 3.8) is 0 Å². The summed E-state index contributed by atoms with van der Waals surface area (Å²) in [6, 6.07) is 2.16. The van der Waals surface area contributed by atoms with Crippen LogP contribution in [0.25, 0.3) is 10.9 Å². The molecule has 2 aromatic rings. The van der Waals surface area contributed by atoms with Crippen molar-refractivity contribution in [3.8, 4) is 0 Å². The van der Waals surface area contributed by atoms with Crippen LogP contribution in [0.2, 0.25) is 0 Å². The fourth-order valence-electron chi connectivity index (χ4n) is 1.73. The Balaban J connectivity index is 0.000000686. The van der Waals surface area contributed by atoms with Crippen molar-refractivity contribution >= 4 is 10.9 Å². The molecule has 1 heterocycles. The second-order valence-corrected chi connectivity index (χ2v) is 3.81. The van der Waals surface area contributed by atoms with Gasteiger partial charge >= 0.3 is 0 Å². The maximum Gasteiger partial charge on any atom is 0.150 e. The third kappa shape index (κ3) is 3.03. The largest absolute Gasteiger partial charge is 0.359 e. The first-order valence-electron chi connectivity index (χ1n) is 5.78. The first kappa shape index (κ1) is 13.6. The number of aromatic amines is 1. The highest BCUT2D eigenvalue weighted by atomic mass is 19.1. The zero-order valence-electron chi connectivity index (χ0n) is 10.3. The van der Waals surface area contributed by atoms with E-state index in [1.165, 1.54) is 6.07 Å². The Morgan fingerprint density at radius 2 is 1.94 bits per heavy atom. The van der Waals surface area contributed by atoms with E-state index < -0.39 is 11.6 Å². The zero-order chi connectivity index (χ0) is 13.0. The van der Waals surface area contributed by atoms with Crippen LogP contribution in [-0.2, 0) is 6.42 Å². The minimum atomic E-state index is -0.569. The lowest BCUT2D eigenvalue weighted by molar-refractivity contribution is 0.591. The van der Waals surface area contributed by atoms with Gasteiger partial charge < -0.3 is 10.7 Å². The monoisotopic (exact) mass is 240 g/mol. The van der Waals surface area contributed by atoms with Crippen LogP contribution < -0.4 is 5.73 Å². The normalized spacial score (nSPS) is 12.1. The fraction of sp³-hybridized carbons (Fsp3) is 0.385. The quantitative estimate of drug-likeness (QED) is 0.830. The summed E-state index contributed by atoms with van der Waals surface area (Å²) < 4.78 is 26.3. The van der Waals surface area contributed by atoms with Crippen LogP contribution in [0.15, 0.2) is 18.3 Å². The maximum atomic E-state index is 13.3. The van der Waals surface area contributed by atoms with E-state index in [-0.39, 0.29) is 6.04 Å². The van der Waals surface area contributed by atoms with Gasteiger partial charge in [-0.1, -0.05) is 13.8 Å². The number of benzene rings is 1. The summed E-state index contributed by atoms with van der Waals surface area (Å²) in [6.07, 6.45) is 2.28. The summed E-state index contributed by atoms with van der Waals surface area (Å²) >= 11 is 0. The molecule has 0 saturated heterocycles. The molecule has 0 radical (unpaired) electrons. The lowest BCUT2D eigenvalue weighted by Crippen LogP contribution is -2.17. The van der Waals surface area contributed by atoms with Crippen molar-refractivity contribution in [2.24, 2.45) is 5.73 Å². The van der Waals surface area contributed by atoms with Gasteiger partial charge in [-0.15, -0.1) is 0 Å². The molecule has 4 heteroatoms. The smallest absolute Gasteiger partial charge is 0.150 e. The lowest BCUT2D eigenvalue weighted by Gasteiger charge is -2.03. The van der Waals surface area contributed by atoms with Crippen molar-refractivity contribution in [2.45, 2.75) is 33.2 Å². The van der Waals surface area contributed by atoms with Gasteiger partial charge in [0.1, 0.15) is 11.6 Å². The van der Waals surface area contributed by atoms with Gasteiger partial charge in [-0.05, 0) is 25.0 Å². The molecule has 2 rings (SSSR count). The molecule has 1 aromatic carbocycles. The number of hydrogen-bond acceptors (Lipinski definition) is 1.